The van der Waals surface area contributed by atoms with E-state index in [2.05, 4.69) is 20.0 Å². The largest absolute Gasteiger partial charge is 0.573 e. The summed E-state index contributed by atoms with van der Waals surface area (Å²) in [7, 11) is 0. The van der Waals surface area contributed by atoms with Crippen molar-refractivity contribution in [1.29, 1.82) is 0 Å². The first-order chi connectivity index (χ1) is 11.9. The van der Waals surface area contributed by atoms with Crippen LogP contribution >= 0.6 is 0 Å². The van der Waals surface area contributed by atoms with Gasteiger partial charge < -0.3 is 15.0 Å². The van der Waals surface area contributed by atoms with Crippen molar-refractivity contribution in [2.24, 2.45) is 0 Å². The number of imidazole rings is 1. The molecule has 0 saturated heterocycles. The van der Waals surface area contributed by atoms with Crippen LogP contribution < -0.4 is 10.1 Å². The van der Waals surface area contributed by atoms with Crippen LogP contribution in [0.25, 0.3) is 11.0 Å². The predicted octanol–water partition coefficient (Wildman–Crippen LogP) is 3.43. The number of aromatic amines is 1. The van der Waals surface area contributed by atoms with Crippen LogP contribution in [-0.4, -0.2) is 28.8 Å². The molecular weight excluding hydrogens is 335 g/mol. The number of nitrogens with one attached hydrogen (secondary N) is 2. The Labute approximate surface area is 140 Å². The molecule has 0 saturated carbocycles. The molecule has 0 radical (unpaired) electrons. The monoisotopic (exact) mass is 349 g/mol. The topological polar surface area (TPSA) is 67.0 Å². The molecule has 130 valence electrons. The number of rotatable bonds is 5. The van der Waals surface area contributed by atoms with Crippen LogP contribution in [0, 0.1) is 0 Å². The molecule has 0 atom stereocenters. The number of hydrogen-bond donors (Lipinski definition) is 2. The van der Waals surface area contributed by atoms with Crippen molar-refractivity contribution in [2.75, 3.05) is 6.54 Å². The Kier molecular flexibility index (Phi) is 4.60. The summed E-state index contributed by atoms with van der Waals surface area (Å²) in [6, 6.07) is 12.3. The fourth-order valence-corrected chi connectivity index (χ4v) is 2.33. The SMILES string of the molecule is O=C(NCCc1nc2ccccc2[nH]1)c1ccc(OC(F)(F)F)cc1. The minimum Gasteiger partial charge on any atom is -0.406 e. The van der Waals surface area contributed by atoms with Gasteiger partial charge in [0, 0.05) is 18.5 Å². The second-order valence-corrected chi connectivity index (χ2v) is 5.28. The van der Waals surface area contributed by atoms with Gasteiger partial charge in [-0.25, -0.2) is 4.98 Å². The standard InChI is InChI=1S/C17H14F3N3O2/c18-17(19,20)25-12-7-5-11(6-8-12)16(24)21-10-9-15-22-13-3-1-2-4-14(13)23-15/h1-8H,9-10H2,(H,21,24)(H,22,23). The lowest BCUT2D eigenvalue weighted by Crippen LogP contribution is -2.26. The van der Waals surface area contributed by atoms with Gasteiger partial charge in [0.1, 0.15) is 11.6 Å². The molecule has 0 aliphatic rings. The van der Waals surface area contributed by atoms with Gasteiger partial charge in [-0.15, -0.1) is 13.2 Å². The number of halogens is 3. The molecule has 0 aliphatic heterocycles. The first-order valence-electron chi connectivity index (χ1n) is 7.48. The van der Waals surface area contributed by atoms with Crippen LogP contribution in [0.5, 0.6) is 5.75 Å². The summed E-state index contributed by atoms with van der Waals surface area (Å²) in [5.41, 5.74) is 2.02. The third-order valence-corrected chi connectivity index (χ3v) is 3.44. The van der Waals surface area contributed by atoms with Crippen molar-refractivity contribution in [1.82, 2.24) is 15.3 Å². The molecule has 3 rings (SSSR count). The molecule has 0 spiro atoms. The average Bonchev–Trinajstić information content (AvgIpc) is 2.96. The maximum atomic E-state index is 12.1. The molecule has 0 fully saturated rings. The number of fused-ring (bicyclic) bond motifs is 1. The van der Waals surface area contributed by atoms with Crippen molar-refractivity contribution < 1.29 is 22.7 Å². The Bertz CT molecular complexity index is 840. The zero-order chi connectivity index (χ0) is 17.9. The lowest BCUT2D eigenvalue weighted by Gasteiger charge is -2.09. The number of carbonyl (C=O) groups is 1. The summed E-state index contributed by atoms with van der Waals surface area (Å²) < 4.78 is 40.0. The third kappa shape index (κ3) is 4.50. The quantitative estimate of drug-likeness (QED) is 0.742. The molecular formula is C17H14F3N3O2. The first-order valence-corrected chi connectivity index (χ1v) is 7.48. The van der Waals surface area contributed by atoms with Crippen LogP contribution in [0.4, 0.5) is 13.2 Å². The van der Waals surface area contributed by atoms with Crippen LogP contribution in [0.3, 0.4) is 0 Å². The molecule has 25 heavy (non-hydrogen) atoms. The number of nitrogens with zero attached hydrogens (tertiary/aromatic N) is 1. The Morgan fingerprint density at radius 3 is 2.52 bits per heavy atom. The van der Waals surface area contributed by atoms with E-state index in [-0.39, 0.29) is 17.2 Å². The van der Waals surface area contributed by atoms with Crippen LogP contribution in [0.1, 0.15) is 16.2 Å². The lowest BCUT2D eigenvalue weighted by molar-refractivity contribution is -0.274. The van der Waals surface area contributed by atoms with Gasteiger partial charge in [0.05, 0.1) is 11.0 Å². The first kappa shape index (κ1) is 16.8. The van der Waals surface area contributed by atoms with E-state index in [9.17, 15) is 18.0 Å². The number of para-hydroxylation sites is 2. The summed E-state index contributed by atoms with van der Waals surface area (Å²) in [4.78, 5) is 19.5. The Balaban J connectivity index is 1.53. The highest BCUT2D eigenvalue weighted by molar-refractivity contribution is 5.94. The van der Waals surface area contributed by atoms with Crippen LogP contribution in [0.2, 0.25) is 0 Å². The molecule has 8 heteroatoms. The number of ether oxygens (including phenoxy) is 1. The van der Waals surface area contributed by atoms with Gasteiger partial charge in [-0.2, -0.15) is 0 Å². The summed E-state index contributed by atoms with van der Waals surface area (Å²) in [5, 5.41) is 2.70. The van der Waals surface area contributed by atoms with E-state index in [1.54, 1.807) is 0 Å². The Morgan fingerprint density at radius 1 is 1.12 bits per heavy atom. The average molecular weight is 349 g/mol. The van der Waals surface area contributed by atoms with E-state index >= 15 is 0 Å². The summed E-state index contributed by atoms with van der Waals surface area (Å²) in [5.74, 6) is -0.00331. The fraction of sp³-hybridized carbons (Fsp3) is 0.176. The minimum absolute atomic E-state index is 0.249. The Morgan fingerprint density at radius 2 is 1.84 bits per heavy atom. The number of aromatic nitrogens is 2. The molecule has 3 aromatic rings. The number of H-pyrrole nitrogens is 1. The number of amides is 1. The van der Waals surface area contributed by atoms with Crippen molar-refractivity contribution in [3.63, 3.8) is 0 Å². The number of benzene rings is 2. The van der Waals surface area contributed by atoms with Gasteiger partial charge in [0.2, 0.25) is 0 Å². The van der Waals surface area contributed by atoms with Gasteiger partial charge in [0.15, 0.2) is 0 Å². The van der Waals surface area contributed by atoms with Crippen molar-refractivity contribution in [2.45, 2.75) is 12.8 Å². The normalized spacial score (nSPS) is 11.5. The van der Waals surface area contributed by atoms with Gasteiger partial charge in [-0.05, 0) is 36.4 Å². The molecule has 5 nitrogen and oxygen atoms in total. The zero-order valence-electron chi connectivity index (χ0n) is 12.9. The predicted molar refractivity (Wildman–Crippen MR) is 85.3 cm³/mol. The van der Waals surface area contributed by atoms with E-state index in [1.165, 1.54) is 12.1 Å². The molecule has 1 heterocycles. The maximum Gasteiger partial charge on any atom is 0.573 e. The van der Waals surface area contributed by atoms with Gasteiger partial charge in [-0.1, -0.05) is 12.1 Å². The maximum absolute atomic E-state index is 12.1. The van der Waals surface area contributed by atoms with Gasteiger partial charge >= 0.3 is 6.36 Å². The second kappa shape index (κ2) is 6.84. The molecule has 0 unspecified atom stereocenters. The van der Waals surface area contributed by atoms with Gasteiger partial charge in [0.25, 0.3) is 5.91 Å². The lowest BCUT2D eigenvalue weighted by atomic mass is 10.2. The molecule has 2 N–H and O–H groups in total. The highest BCUT2D eigenvalue weighted by Crippen LogP contribution is 2.22. The summed E-state index contributed by atoms with van der Waals surface area (Å²) in [6.07, 6.45) is -4.24. The minimum atomic E-state index is -4.75. The van der Waals surface area contributed by atoms with Crippen molar-refractivity contribution in [3.8, 4) is 5.75 Å². The summed E-state index contributed by atoms with van der Waals surface area (Å²) in [6.45, 7) is 0.347. The van der Waals surface area contributed by atoms with E-state index in [0.717, 1.165) is 29.0 Å². The molecule has 2 aromatic carbocycles. The molecule has 1 amide bonds. The summed E-state index contributed by atoms with van der Waals surface area (Å²) >= 11 is 0. The smallest absolute Gasteiger partial charge is 0.406 e. The second-order valence-electron chi connectivity index (χ2n) is 5.28. The van der Waals surface area contributed by atoms with E-state index in [1.807, 2.05) is 24.3 Å². The third-order valence-electron chi connectivity index (χ3n) is 3.44. The van der Waals surface area contributed by atoms with E-state index in [0.29, 0.717) is 13.0 Å². The van der Waals surface area contributed by atoms with Crippen LogP contribution in [0.15, 0.2) is 48.5 Å². The molecule has 0 aliphatic carbocycles. The molecule has 1 aromatic heterocycles. The highest BCUT2D eigenvalue weighted by Gasteiger charge is 2.31. The highest BCUT2D eigenvalue weighted by atomic mass is 19.4. The number of carbonyl (C=O) groups excluding carboxylic acids is 1. The van der Waals surface area contributed by atoms with Crippen LogP contribution in [-0.2, 0) is 6.42 Å². The van der Waals surface area contributed by atoms with Crippen molar-refractivity contribution in [3.05, 3.63) is 59.9 Å². The van der Waals surface area contributed by atoms with Crippen molar-refractivity contribution >= 4 is 16.9 Å². The fourth-order valence-electron chi connectivity index (χ4n) is 2.33. The van der Waals surface area contributed by atoms with E-state index in [4.69, 9.17) is 0 Å². The van der Waals surface area contributed by atoms with Gasteiger partial charge in [-0.3, -0.25) is 4.79 Å². The Hall–Kier alpha value is -3.03. The van der Waals surface area contributed by atoms with E-state index < -0.39 is 6.36 Å². The number of hydrogen-bond acceptors (Lipinski definition) is 3. The number of alkyl halides is 3. The molecule has 0 bridgehead atoms. The zero-order valence-corrected chi connectivity index (χ0v) is 12.9.